The largest absolute Gasteiger partial charge is 0.381 e. The van der Waals surface area contributed by atoms with Crippen molar-refractivity contribution in [2.24, 2.45) is 12.0 Å². The van der Waals surface area contributed by atoms with Gasteiger partial charge in [0.15, 0.2) is 5.96 Å². The van der Waals surface area contributed by atoms with Crippen LogP contribution < -0.4 is 10.6 Å². The predicted molar refractivity (Wildman–Crippen MR) is 113 cm³/mol. The Morgan fingerprint density at radius 1 is 1.24 bits per heavy atom. The molecule has 142 valence electrons. The molecule has 0 aromatic carbocycles. The summed E-state index contributed by atoms with van der Waals surface area (Å²) in [5.74, 6) is 0.879. The van der Waals surface area contributed by atoms with E-state index in [9.17, 15) is 0 Å². The van der Waals surface area contributed by atoms with Crippen LogP contribution in [0.2, 0.25) is 0 Å². The van der Waals surface area contributed by atoms with Crippen LogP contribution in [0.3, 0.4) is 0 Å². The fraction of sp³-hybridized carbons (Fsp3) is 0.722. The molecule has 0 atom stereocenters. The fourth-order valence-electron chi connectivity index (χ4n) is 3.87. The van der Waals surface area contributed by atoms with Gasteiger partial charge in [-0.15, -0.1) is 24.0 Å². The van der Waals surface area contributed by atoms with Crippen molar-refractivity contribution >= 4 is 29.9 Å². The number of likely N-dealkylation sites (tertiary alicyclic amines) is 1. The first-order chi connectivity index (χ1) is 11.7. The summed E-state index contributed by atoms with van der Waals surface area (Å²) in [5, 5.41) is 6.99. The molecule has 2 fully saturated rings. The predicted octanol–water partition coefficient (Wildman–Crippen LogP) is 1.95. The monoisotopic (exact) mass is 461 g/mol. The summed E-state index contributed by atoms with van der Waals surface area (Å²) >= 11 is 0. The molecule has 0 aliphatic carbocycles. The Morgan fingerprint density at radius 3 is 2.56 bits per heavy atom. The highest BCUT2D eigenvalue weighted by atomic mass is 127. The van der Waals surface area contributed by atoms with E-state index >= 15 is 0 Å². The van der Waals surface area contributed by atoms with Crippen LogP contribution in [0.5, 0.6) is 0 Å². The zero-order valence-electron chi connectivity index (χ0n) is 15.5. The van der Waals surface area contributed by atoms with E-state index in [1.54, 1.807) is 0 Å². The highest BCUT2D eigenvalue weighted by Crippen LogP contribution is 2.30. The number of aryl methyl sites for hydroxylation is 1. The number of rotatable bonds is 5. The van der Waals surface area contributed by atoms with Crippen LogP contribution in [0.15, 0.2) is 23.5 Å². The van der Waals surface area contributed by atoms with Gasteiger partial charge in [0.1, 0.15) is 0 Å². The second-order valence-electron chi connectivity index (χ2n) is 7.00. The Kier molecular flexibility index (Phi) is 8.02. The zero-order valence-corrected chi connectivity index (χ0v) is 17.8. The van der Waals surface area contributed by atoms with Gasteiger partial charge < -0.3 is 19.9 Å². The van der Waals surface area contributed by atoms with Gasteiger partial charge in [-0.2, -0.15) is 0 Å². The van der Waals surface area contributed by atoms with E-state index in [0.717, 1.165) is 45.1 Å². The summed E-state index contributed by atoms with van der Waals surface area (Å²) in [5.41, 5.74) is 1.49. The fourth-order valence-corrected chi connectivity index (χ4v) is 3.87. The van der Waals surface area contributed by atoms with E-state index in [4.69, 9.17) is 4.74 Å². The molecule has 3 rings (SSSR count). The topological polar surface area (TPSA) is 53.8 Å². The first-order valence-corrected chi connectivity index (χ1v) is 9.10. The summed E-state index contributed by atoms with van der Waals surface area (Å²) in [4.78, 5) is 7.06. The van der Waals surface area contributed by atoms with Gasteiger partial charge in [-0.3, -0.25) is 9.89 Å². The van der Waals surface area contributed by atoms with Gasteiger partial charge in [0.25, 0.3) is 0 Å². The van der Waals surface area contributed by atoms with Crippen molar-refractivity contribution in [2.75, 3.05) is 39.9 Å². The maximum atomic E-state index is 5.62. The van der Waals surface area contributed by atoms with Crippen molar-refractivity contribution in [2.45, 2.75) is 37.8 Å². The van der Waals surface area contributed by atoms with Crippen LogP contribution in [0.25, 0.3) is 0 Å². The Bertz CT molecular complexity index is 547. The van der Waals surface area contributed by atoms with Gasteiger partial charge in [-0.25, -0.2) is 0 Å². The molecule has 2 aliphatic rings. The SMILES string of the molecule is CN=C(NCc1ccn(C)c1)NCC1(N2CCCC2)CCOCC1.I. The van der Waals surface area contributed by atoms with Crippen LogP contribution in [0.1, 0.15) is 31.2 Å². The van der Waals surface area contributed by atoms with Crippen LogP contribution in [-0.4, -0.2) is 60.9 Å². The number of halogens is 1. The van der Waals surface area contributed by atoms with Crippen LogP contribution in [0, 0.1) is 0 Å². The number of nitrogens with one attached hydrogen (secondary N) is 2. The van der Waals surface area contributed by atoms with Crippen molar-refractivity contribution < 1.29 is 4.74 Å². The van der Waals surface area contributed by atoms with Gasteiger partial charge in [0, 0.05) is 58.3 Å². The van der Waals surface area contributed by atoms with Crippen molar-refractivity contribution in [3.05, 3.63) is 24.0 Å². The van der Waals surface area contributed by atoms with E-state index in [-0.39, 0.29) is 29.5 Å². The third-order valence-electron chi connectivity index (χ3n) is 5.36. The smallest absolute Gasteiger partial charge is 0.191 e. The summed E-state index contributed by atoms with van der Waals surface area (Å²) in [6.07, 6.45) is 9.06. The number of hydrogen-bond donors (Lipinski definition) is 2. The molecule has 7 heteroatoms. The van der Waals surface area contributed by atoms with Gasteiger partial charge in [-0.05, 0) is 50.4 Å². The average Bonchev–Trinajstić information content (AvgIpc) is 3.28. The highest BCUT2D eigenvalue weighted by molar-refractivity contribution is 14.0. The molecule has 6 nitrogen and oxygen atoms in total. The lowest BCUT2D eigenvalue weighted by molar-refractivity contribution is -0.0164. The Hall–Kier alpha value is -0.800. The van der Waals surface area contributed by atoms with Crippen LogP contribution in [-0.2, 0) is 18.3 Å². The van der Waals surface area contributed by atoms with Gasteiger partial charge in [0.2, 0.25) is 0 Å². The second-order valence-corrected chi connectivity index (χ2v) is 7.00. The molecule has 0 saturated carbocycles. The quantitative estimate of drug-likeness (QED) is 0.400. The standard InChI is InChI=1S/C18H31N5O.HI/c1-19-17(20-13-16-5-10-22(2)14-16)21-15-18(6-11-24-12-7-18)23-8-3-4-9-23;/h5,10,14H,3-4,6-9,11-13,15H2,1-2H3,(H2,19,20,21);1H. The molecular formula is C18H32IN5O. The summed E-state index contributed by atoms with van der Waals surface area (Å²) in [7, 11) is 3.88. The number of aromatic nitrogens is 1. The lowest BCUT2D eigenvalue weighted by Crippen LogP contribution is -2.58. The molecule has 0 amide bonds. The van der Waals surface area contributed by atoms with E-state index in [2.05, 4.69) is 43.6 Å². The molecule has 2 saturated heterocycles. The molecule has 2 aliphatic heterocycles. The van der Waals surface area contributed by atoms with Gasteiger partial charge >= 0.3 is 0 Å². The van der Waals surface area contributed by atoms with Crippen molar-refractivity contribution in [3.63, 3.8) is 0 Å². The molecule has 0 spiro atoms. The van der Waals surface area contributed by atoms with Gasteiger partial charge in [-0.1, -0.05) is 0 Å². The van der Waals surface area contributed by atoms with Crippen LogP contribution in [0.4, 0.5) is 0 Å². The van der Waals surface area contributed by atoms with E-state index in [1.807, 2.05) is 14.1 Å². The van der Waals surface area contributed by atoms with Crippen molar-refractivity contribution in [1.29, 1.82) is 0 Å². The lowest BCUT2D eigenvalue weighted by atomic mass is 9.88. The van der Waals surface area contributed by atoms with Crippen molar-refractivity contribution in [3.8, 4) is 0 Å². The molecule has 1 aromatic heterocycles. The van der Waals surface area contributed by atoms with Crippen molar-refractivity contribution in [1.82, 2.24) is 20.1 Å². The van der Waals surface area contributed by atoms with Crippen LogP contribution >= 0.6 is 24.0 Å². The molecule has 0 bridgehead atoms. The Labute approximate surface area is 168 Å². The minimum absolute atomic E-state index is 0. The summed E-state index contributed by atoms with van der Waals surface area (Å²) in [6, 6.07) is 2.13. The third kappa shape index (κ3) is 5.34. The molecule has 25 heavy (non-hydrogen) atoms. The molecule has 1 aromatic rings. The molecule has 2 N–H and O–H groups in total. The summed E-state index contributed by atoms with van der Waals surface area (Å²) in [6.45, 7) is 5.91. The maximum Gasteiger partial charge on any atom is 0.191 e. The molecule has 3 heterocycles. The first kappa shape index (κ1) is 20.5. The van der Waals surface area contributed by atoms with E-state index in [1.165, 1.54) is 31.5 Å². The van der Waals surface area contributed by atoms with E-state index in [0.29, 0.717) is 0 Å². The Balaban J connectivity index is 0.00000225. The molecule has 0 radical (unpaired) electrons. The first-order valence-electron chi connectivity index (χ1n) is 9.10. The van der Waals surface area contributed by atoms with Gasteiger partial charge in [0.05, 0.1) is 0 Å². The zero-order chi connectivity index (χ0) is 16.8. The average molecular weight is 461 g/mol. The third-order valence-corrected chi connectivity index (χ3v) is 5.36. The number of guanidine groups is 1. The maximum absolute atomic E-state index is 5.62. The molecular weight excluding hydrogens is 429 g/mol. The number of ether oxygens (including phenoxy) is 1. The minimum atomic E-state index is 0. The highest BCUT2D eigenvalue weighted by Gasteiger charge is 2.39. The molecule has 0 unspecified atom stereocenters. The lowest BCUT2D eigenvalue weighted by Gasteiger charge is -2.45. The minimum Gasteiger partial charge on any atom is -0.381 e. The second kappa shape index (κ2) is 9.78. The van der Waals surface area contributed by atoms with E-state index < -0.39 is 0 Å². The number of aliphatic imine (C=N–C) groups is 1. The normalized spacial score (nSPS) is 21.0. The number of hydrogen-bond acceptors (Lipinski definition) is 3. The summed E-state index contributed by atoms with van der Waals surface area (Å²) < 4.78 is 7.69. The Morgan fingerprint density at radius 2 is 1.96 bits per heavy atom. The number of nitrogens with zero attached hydrogens (tertiary/aromatic N) is 3.